The molecule has 0 amide bonds. The maximum absolute atomic E-state index is 11.8. The van der Waals surface area contributed by atoms with E-state index in [1.165, 1.54) is 24.3 Å². The Kier molecular flexibility index (Phi) is 3.92. The van der Waals surface area contributed by atoms with E-state index in [1.54, 1.807) is 0 Å². The number of carbonyl (C=O) groups excluding carboxylic acids is 2. The molecule has 0 aliphatic heterocycles. The maximum atomic E-state index is 11.8. The maximum Gasteiger partial charge on any atom is 0.309 e. The molecule has 20 heavy (non-hydrogen) atoms. The normalized spacial score (nSPS) is 21.3. The highest BCUT2D eigenvalue weighted by Gasteiger charge is 2.40. The van der Waals surface area contributed by atoms with Gasteiger partial charge in [0.1, 0.15) is 0 Å². The van der Waals surface area contributed by atoms with Crippen LogP contribution in [-0.4, -0.2) is 26.8 Å². The number of hydrogen-bond acceptors (Lipinski definition) is 5. The largest absolute Gasteiger partial charge is 0.457 e. The van der Waals surface area contributed by atoms with Gasteiger partial charge in [0.25, 0.3) is 0 Å². The van der Waals surface area contributed by atoms with Crippen molar-refractivity contribution < 1.29 is 22.7 Å². The molecule has 1 aromatic carbocycles. The van der Waals surface area contributed by atoms with E-state index in [0.29, 0.717) is 5.92 Å². The third-order valence-electron chi connectivity index (χ3n) is 3.26. The first-order valence-corrected chi connectivity index (χ1v) is 7.66. The number of rotatable bonds is 5. The lowest BCUT2D eigenvalue weighted by molar-refractivity contribution is -0.144. The minimum absolute atomic E-state index is 0.0714. The molecule has 2 N–H and O–H groups in total. The molecule has 0 aromatic heterocycles. The predicted molar refractivity (Wildman–Crippen MR) is 70.4 cm³/mol. The number of Topliss-reactive ketones (excluding diaryl/α,β-unsaturated/α-hetero) is 1. The SMILES string of the molecule is CC1CC1C(=O)OCC(=O)c1ccc(S(N)(=O)=O)cc1. The highest BCUT2D eigenvalue weighted by Crippen LogP contribution is 2.38. The standard InChI is InChI=1S/C13H15NO5S/c1-8-6-11(8)13(16)19-7-12(15)9-2-4-10(5-3-9)20(14,17)18/h2-5,8,11H,6-7H2,1H3,(H2,14,17,18). The van der Waals surface area contributed by atoms with Gasteiger partial charge in [0.05, 0.1) is 10.8 Å². The Labute approximate surface area is 117 Å². The van der Waals surface area contributed by atoms with Gasteiger partial charge in [0.2, 0.25) is 10.0 Å². The quantitative estimate of drug-likeness (QED) is 0.637. The van der Waals surface area contributed by atoms with Gasteiger partial charge in [-0.2, -0.15) is 0 Å². The van der Waals surface area contributed by atoms with Crippen molar-refractivity contribution in [3.63, 3.8) is 0 Å². The van der Waals surface area contributed by atoms with Crippen molar-refractivity contribution in [2.75, 3.05) is 6.61 Å². The molecule has 0 bridgehead atoms. The van der Waals surface area contributed by atoms with Crippen LogP contribution in [0.3, 0.4) is 0 Å². The van der Waals surface area contributed by atoms with Gasteiger partial charge in [-0.05, 0) is 36.6 Å². The smallest absolute Gasteiger partial charge is 0.309 e. The number of primary sulfonamides is 1. The molecular weight excluding hydrogens is 282 g/mol. The van der Waals surface area contributed by atoms with Gasteiger partial charge in [0.15, 0.2) is 12.4 Å². The van der Waals surface area contributed by atoms with Crippen LogP contribution < -0.4 is 5.14 Å². The summed E-state index contributed by atoms with van der Waals surface area (Å²) in [4.78, 5) is 23.2. The molecule has 6 nitrogen and oxygen atoms in total. The molecule has 0 saturated heterocycles. The van der Waals surface area contributed by atoms with Crippen LogP contribution in [0.2, 0.25) is 0 Å². The number of ether oxygens (including phenoxy) is 1. The topological polar surface area (TPSA) is 104 Å². The molecule has 1 aliphatic carbocycles. The van der Waals surface area contributed by atoms with Gasteiger partial charge in [0, 0.05) is 5.56 Å². The van der Waals surface area contributed by atoms with Gasteiger partial charge >= 0.3 is 5.97 Å². The summed E-state index contributed by atoms with van der Waals surface area (Å²) in [6, 6.07) is 5.17. The van der Waals surface area contributed by atoms with Gasteiger partial charge in [-0.1, -0.05) is 6.92 Å². The lowest BCUT2D eigenvalue weighted by Gasteiger charge is -2.04. The third kappa shape index (κ3) is 3.43. The van der Waals surface area contributed by atoms with E-state index in [0.717, 1.165) is 6.42 Å². The van der Waals surface area contributed by atoms with Gasteiger partial charge < -0.3 is 4.74 Å². The monoisotopic (exact) mass is 297 g/mol. The number of carbonyl (C=O) groups is 2. The van der Waals surface area contributed by atoms with Crippen molar-refractivity contribution >= 4 is 21.8 Å². The fourth-order valence-electron chi connectivity index (χ4n) is 1.81. The van der Waals surface area contributed by atoms with Crippen LogP contribution >= 0.6 is 0 Å². The fraction of sp³-hybridized carbons (Fsp3) is 0.385. The van der Waals surface area contributed by atoms with E-state index < -0.39 is 10.0 Å². The van der Waals surface area contributed by atoms with Crippen molar-refractivity contribution in [3.05, 3.63) is 29.8 Å². The number of hydrogen-bond donors (Lipinski definition) is 1. The Morgan fingerprint density at radius 2 is 1.85 bits per heavy atom. The lowest BCUT2D eigenvalue weighted by atomic mass is 10.1. The molecule has 2 unspecified atom stereocenters. The third-order valence-corrected chi connectivity index (χ3v) is 4.19. The van der Waals surface area contributed by atoms with E-state index in [-0.39, 0.29) is 34.7 Å². The van der Waals surface area contributed by atoms with E-state index in [9.17, 15) is 18.0 Å². The molecule has 7 heteroatoms. The molecule has 1 fully saturated rings. The van der Waals surface area contributed by atoms with Gasteiger partial charge in [-0.3, -0.25) is 9.59 Å². The number of sulfonamides is 1. The van der Waals surface area contributed by atoms with Gasteiger partial charge in [-0.25, -0.2) is 13.6 Å². The summed E-state index contributed by atoms with van der Waals surface area (Å²) in [5, 5.41) is 4.95. The predicted octanol–water partition coefficient (Wildman–Crippen LogP) is 0.716. The molecule has 0 radical (unpaired) electrons. The minimum atomic E-state index is -3.78. The van der Waals surface area contributed by atoms with Crippen LogP contribution in [0.1, 0.15) is 23.7 Å². The summed E-state index contributed by atoms with van der Waals surface area (Å²) >= 11 is 0. The second kappa shape index (κ2) is 5.34. The first kappa shape index (κ1) is 14.7. The summed E-state index contributed by atoms with van der Waals surface area (Å²) in [5.41, 5.74) is 0.272. The summed E-state index contributed by atoms with van der Waals surface area (Å²) in [6.07, 6.45) is 0.802. The highest BCUT2D eigenvalue weighted by molar-refractivity contribution is 7.89. The molecule has 1 aromatic rings. The molecule has 0 heterocycles. The zero-order chi connectivity index (χ0) is 14.9. The molecule has 1 saturated carbocycles. The zero-order valence-electron chi connectivity index (χ0n) is 10.9. The van der Waals surface area contributed by atoms with E-state index in [4.69, 9.17) is 9.88 Å². The Hall–Kier alpha value is -1.73. The first-order chi connectivity index (χ1) is 9.29. The van der Waals surface area contributed by atoms with E-state index >= 15 is 0 Å². The zero-order valence-corrected chi connectivity index (χ0v) is 11.7. The molecule has 108 valence electrons. The summed E-state index contributed by atoms with van der Waals surface area (Å²) in [5.74, 6) is -0.501. The van der Waals surface area contributed by atoms with Gasteiger partial charge in [-0.15, -0.1) is 0 Å². The number of benzene rings is 1. The van der Waals surface area contributed by atoms with Crippen LogP contribution in [-0.2, 0) is 19.6 Å². The molecule has 1 aliphatic rings. The Morgan fingerprint density at radius 1 is 1.30 bits per heavy atom. The van der Waals surface area contributed by atoms with Crippen molar-refractivity contribution in [2.24, 2.45) is 17.0 Å². The van der Waals surface area contributed by atoms with Crippen LogP contribution in [0.15, 0.2) is 29.2 Å². The number of nitrogens with two attached hydrogens (primary N) is 1. The Morgan fingerprint density at radius 3 is 2.30 bits per heavy atom. The van der Waals surface area contributed by atoms with Crippen molar-refractivity contribution in [1.29, 1.82) is 0 Å². The first-order valence-electron chi connectivity index (χ1n) is 6.11. The van der Waals surface area contributed by atoms with Crippen molar-refractivity contribution in [1.82, 2.24) is 0 Å². The van der Waals surface area contributed by atoms with Crippen LogP contribution in [0.4, 0.5) is 0 Å². The van der Waals surface area contributed by atoms with Crippen LogP contribution in [0, 0.1) is 11.8 Å². The number of esters is 1. The van der Waals surface area contributed by atoms with E-state index in [1.807, 2.05) is 6.92 Å². The summed E-state index contributed by atoms with van der Waals surface area (Å²) < 4.78 is 27.0. The summed E-state index contributed by atoms with van der Waals surface area (Å²) in [7, 11) is -3.78. The van der Waals surface area contributed by atoms with Crippen molar-refractivity contribution in [2.45, 2.75) is 18.2 Å². The fourth-order valence-corrected chi connectivity index (χ4v) is 2.32. The average molecular weight is 297 g/mol. The Bertz CT molecular complexity index is 635. The average Bonchev–Trinajstić information content (AvgIpc) is 3.12. The van der Waals surface area contributed by atoms with E-state index in [2.05, 4.69) is 0 Å². The minimum Gasteiger partial charge on any atom is -0.457 e. The Balaban J connectivity index is 1.94. The van der Waals surface area contributed by atoms with Crippen LogP contribution in [0.5, 0.6) is 0 Å². The second-order valence-electron chi connectivity index (χ2n) is 4.92. The number of ketones is 1. The van der Waals surface area contributed by atoms with Crippen molar-refractivity contribution in [3.8, 4) is 0 Å². The molecule has 0 spiro atoms. The highest BCUT2D eigenvalue weighted by atomic mass is 32.2. The lowest BCUT2D eigenvalue weighted by Crippen LogP contribution is -2.16. The van der Waals surface area contributed by atoms with Crippen LogP contribution in [0.25, 0.3) is 0 Å². The molecule has 2 atom stereocenters. The summed E-state index contributed by atoms with van der Waals surface area (Å²) in [6.45, 7) is 1.61. The molecular formula is C13H15NO5S. The molecule has 2 rings (SSSR count). The second-order valence-corrected chi connectivity index (χ2v) is 6.48.